The highest BCUT2D eigenvalue weighted by molar-refractivity contribution is 5.77. The first-order valence-corrected chi connectivity index (χ1v) is 7.43. The fraction of sp³-hybridized carbons (Fsp3) is 0.769. The molecule has 6 atom stereocenters. The first-order chi connectivity index (χ1) is 11.5. The van der Waals surface area contributed by atoms with Gasteiger partial charge in [0.25, 0.3) is 5.79 Å². The highest BCUT2D eigenvalue weighted by Gasteiger charge is 2.53. The molecule has 2 amide bonds. The summed E-state index contributed by atoms with van der Waals surface area (Å²) < 4.78 is 4.97. The molecule has 0 aromatic rings. The minimum atomic E-state index is -2.82. The Bertz CT molecular complexity index is 517. The fourth-order valence-electron chi connectivity index (χ4n) is 2.44. The quantitative estimate of drug-likeness (QED) is 0.216. The van der Waals surface area contributed by atoms with E-state index in [1.165, 1.54) is 0 Å². The van der Waals surface area contributed by atoms with Crippen LogP contribution < -0.4 is 16.4 Å². The molecule has 0 aromatic carbocycles. The number of carbonyl (C=O) groups excluding carboxylic acids is 2. The third kappa shape index (κ3) is 5.32. The number of aliphatic hydroxyl groups excluding tert-OH is 3. The second kappa shape index (κ2) is 8.51. The summed E-state index contributed by atoms with van der Waals surface area (Å²) >= 11 is 0. The molecule has 0 saturated carbocycles. The van der Waals surface area contributed by atoms with Crippen LogP contribution in [0, 0.1) is 0 Å². The molecule has 1 rings (SSSR count). The summed E-state index contributed by atoms with van der Waals surface area (Å²) in [5.41, 5.74) is 5.08. The van der Waals surface area contributed by atoms with E-state index in [-0.39, 0.29) is 6.54 Å². The van der Waals surface area contributed by atoms with Gasteiger partial charge in [0.1, 0.15) is 12.2 Å². The second-order valence-electron chi connectivity index (χ2n) is 5.74. The highest BCUT2D eigenvalue weighted by atomic mass is 16.7. The van der Waals surface area contributed by atoms with Crippen molar-refractivity contribution < 1.29 is 44.7 Å². The molecule has 9 N–H and O–H groups in total. The number of ether oxygens (including phenoxy) is 1. The van der Waals surface area contributed by atoms with E-state index in [1.54, 1.807) is 0 Å². The molecule has 25 heavy (non-hydrogen) atoms. The Morgan fingerprint density at radius 3 is 2.44 bits per heavy atom. The number of aliphatic carboxylic acids is 1. The van der Waals surface area contributed by atoms with Crippen LogP contribution in [0.1, 0.15) is 13.3 Å². The molecule has 1 aliphatic heterocycles. The zero-order chi connectivity index (χ0) is 19.4. The van der Waals surface area contributed by atoms with E-state index in [0.29, 0.717) is 0 Å². The van der Waals surface area contributed by atoms with E-state index in [9.17, 15) is 34.8 Å². The lowest BCUT2D eigenvalue weighted by atomic mass is 9.88. The average molecular weight is 365 g/mol. The van der Waals surface area contributed by atoms with Crippen molar-refractivity contribution in [3.05, 3.63) is 0 Å². The highest BCUT2D eigenvalue weighted by Crippen LogP contribution is 2.30. The van der Waals surface area contributed by atoms with E-state index >= 15 is 0 Å². The summed E-state index contributed by atoms with van der Waals surface area (Å²) in [7, 11) is 0. The van der Waals surface area contributed by atoms with Gasteiger partial charge in [0.15, 0.2) is 0 Å². The Hall–Kier alpha value is -1.83. The maximum atomic E-state index is 11.3. The first kappa shape index (κ1) is 21.2. The van der Waals surface area contributed by atoms with Crippen LogP contribution in [0.15, 0.2) is 0 Å². The largest absolute Gasteiger partial charge is 0.477 e. The number of nitrogens with two attached hydrogens (primary N) is 1. The Kier molecular flexibility index (Phi) is 7.22. The topological polar surface area (TPSA) is 212 Å². The maximum Gasteiger partial charge on any atom is 0.364 e. The number of hydrogen-bond donors (Lipinski definition) is 8. The van der Waals surface area contributed by atoms with Gasteiger partial charge in [-0.1, -0.05) is 0 Å². The summed E-state index contributed by atoms with van der Waals surface area (Å²) in [5.74, 6) is -5.86. The van der Waals surface area contributed by atoms with E-state index < -0.39 is 67.0 Å². The summed E-state index contributed by atoms with van der Waals surface area (Å²) in [6.07, 6.45) is -7.52. The SMILES string of the molecule is CC(=O)N[C@H]1[C@H]([C@H](O)[C@H](O)CNC(=O)CN)OC(O)(C(=O)O)C[C@@H]1O. The molecule has 1 heterocycles. The maximum absolute atomic E-state index is 11.3. The lowest BCUT2D eigenvalue weighted by Crippen LogP contribution is -2.67. The molecule has 0 bridgehead atoms. The van der Waals surface area contributed by atoms with Crippen molar-refractivity contribution in [2.24, 2.45) is 5.73 Å². The van der Waals surface area contributed by atoms with Crippen molar-refractivity contribution in [2.75, 3.05) is 13.1 Å². The molecule has 144 valence electrons. The van der Waals surface area contributed by atoms with Gasteiger partial charge in [0.2, 0.25) is 11.8 Å². The Morgan fingerprint density at radius 2 is 1.96 bits per heavy atom. The molecular formula is C13H23N3O9. The van der Waals surface area contributed by atoms with Gasteiger partial charge in [-0.2, -0.15) is 0 Å². The van der Waals surface area contributed by atoms with Gasteiger partial charge < -0.3 is 46.6 Å². The fourth-order valence-corrected chi connectivity index (χ4v) is 2.44. The van der Waals surface area contributed by atoms with E-state index in [2.05, 4.69) is 10.6 Å². The molecule has 1 unspecified atom stereocenters. The van der Waals surface area contributed by atoms with Crippen LogP contribution in [-0.2, 0) is 19.1 Å². The first-order valence-electron chi connectivity index (χ1n) is 7.43. The van der Waals surface area contributed by atoms with Crippen molar-refractivity contribution in [2.45, 2.75) is 49.6 Å². The Labute approximate surface area is 142 Å². The molecule has 1 fully saturated rings. The molecule has 12 heteroatoms. The zero-order valence-corrected chi connectivity index (χ0v) is 13.5. The van der Waals surface area contributed by atoms with Crippen molar-refractivity contribution in [3.8, 4) is 0 Å². The summed E-state index contributed by atoms with van der Waals surface area (Å²) in [6.45, 7) is 0.312. The number of amides is 2. The van der Waals surface area contributed by atoms with Crippen LogP contribution in [0.4, 0.5) is 0 Å². The molecule has 0 radical (unpaired) electrons. The second-order valence-corrected chi connectivity index (χ2v) is 5.74. The van der Waals surface area contributed by atoms with Crippen LogP contribution >= 0.6 is 0 Å². The molecule has 0 aromatic heterocycles. The molecule has 1 aliphatic rings. The van der Waals surface area contributed by atoms with Gasteiger partial charge in [-0.05, 0) is 0 Å². The number of aliphatic hydroxyl groups is 4. The van der Waals surface area contributed by atoms with Crippen molar-refractivity contribution in [1.29, 1.82) is 0 Å². The van der Waals surface area contributed by atoms with Gasteiger partial charge >= 0.3 is 5.97 Å². The van der Waals surface area contributed by atoms with E-state index in [1.807, 2.05) is 0 Å². The number of carbonyl (C=O) groups is 3. The lowest BCUT2D eigenvalue weighted by Gasteiger charge is -2.44. The minimum absolute atomic E-state index is 0.352. The van der Waals surface area contributed by atoms with Crippen LogP contribution in [0.3, 0.4) is 0 Å². The van der Waals surface area contributed by atoms with Crippen LogP contribution in [0.2, 0.25) is 0 Å². The lowest BCUT2D eigenvalue weighted by molar-refractivity contribution is -0.294. The van der Waals surface area contributed by atoms with Crippen molar-refractivity contribution in [3.63, 3.8) is 0 Å². The molecule has 0 spiro atoms. The number of carboxylic acid groups (broad SMARTS) is 1. The predicted molar refractivity (Wildman–Crippen MR) is 79.8 cm³/mol. The monoisotopic (exact) mass is 365 g/mol. The number of nitrogens with one attached hydrogen (secondary N) is 2. The van der Waals surface area contributed by atoms with Gasteiger partial charge in [0, 0.05) is 19.9 Å². The Morgan fingerprint density at radius 1 is 1.36 bits per heavy atom. The number of carboxylic acids is 1. The number of rotatable bonds is 7. The Balaban J connectivity index is 2.98. The van der Waals surface area contributed by atoms with Crippen molar-refractivity contribution >= 4 is 17.8 Å². The van der Waals surface area contributed by atoms with Gasteiger partial charge in [-0.15, -0.1) is 0 Å². The summed E-state index contributed by atoms with van der Waals surface area (Å²) in [5, 5.41) is 53.7. The van der Waals surface area contributed by atoms with Crippen LogP contribution in [-0.4, -0.2) is 92.7 Å². The zero-order valence-electron chi connectivity index (χ0n) is 13.5. The minimum Gasteiger partial charge on any atom is -0.477 e. The molecular weight excluding hydrogens is 342 g/mol. The van der Waals surface area contributed by atoms with E-state index in [4.69, 9.17) is 15.6 Å². The van der Waals surface area contributed by atoms with Gasteiger partial charge in [-0.25, -0.2) is 4.79 Å². The predicted octanol–water partition coefficient (Wildman–Crippen LogP) is -4.79. The normalized spacial score (nSPS) is 31.7. The standard InChI is InChI=1S/C13H23N3O9/c1-5(17)16-9-6(18)2-13(24,12(22)23)25-11(9)10(21)7(19)4-15-8(20)3-14/h6-7,9-11,18-19,21,24H,2-4,14H2,1H3,(H,15,20)(H,16,17)(H,22,23)/t6-,7+,9+,10+,11+,13?/m0/s1. The number of hydrogen-bond acceptors (Lipinski definition) is 9. The average Bonchev–Trinajstić information content (AvgIpc) is 2.53. The van der Waals surface area contributed by atoms with Gasteiger partial charge in [0.05, 0.1) is 24.8 Å². The van der Waals surface area contributed by atoms with Crippen LogP contribution in [0.25, 0.3) is 0 Å². The third-order valence-corrected chi connectivity index (χ3v) is 3.71. The van der Waals surface area contributed by atoms with E-state index in [0.717, 1.165) is 6.92 Å². The van der Waals surface area contributed by atoms with Crippen LogP contribution in [0.5, 0.6) is 0 Å². The molecule has 0 aliphatic carbocycles. The summed E-state index contributed by atoms with van der Waals surface area (Å²) in [4.78, 5) is 33.5. The summed E-state index contributed by atoms with van der Waals surface area (Å²) in [6, 6.07) is -1.30. The molecule has 1 saturated heterocycles. The van der Waals surface area contributed by atoms with Crippen molar-refractivity contribution in [1.82, 2.24) is 10.6 Å². The van der Waals surface area contributed by atoms with Gasteiger partial charge in [-0.3, -0.25) is 9.59 Å². The molecule has 12 nitrogen and oxygen atoms in total. The smallest absolute Gasteiger partial charge is 0.364 e. The third-order valence-electron chi connectivity index (χ3n) is 3.71.